The quantitative estimate of drug-likeness (QED) is 0.870. The Morgan fingerprint density at radius 2 is 1.54 bits per heavy atom. The summed E-state index contributed by atoms with van der Waals surface area (Å²) in [7, 11) is 0. The SMILES string of the molecule is Cc1ccc(N(CC(O)CN2CCCCC2)c2ccccc2)cc1. The van der Waals surface area contributed by atoms with Gasteiger partial charge in [0, 0.05) is 17.9 Å². The molecule has 0 radical (unpaired) electrons. The molecule has 1 aliphatic rings. The third-order valence-corrected chi connectivity index (χ3v) is 4.72. The molecule has 3 rings (SSSR count). The molecule has 1 unspecified atom stereocenters. The van der Waals surface area contributed by atoms with Crippen LogP contribution in [0.4, 0.5) is 11.4 Å². The molecule has 0 aliphatic carbocycles. The van der Waals surface area contributed by atoms with Crippen molar-refractivity contribution in [3.63, 3.8) is 0 Å². The summed E-state index contributed by atoms with van der Waals surface area (Å²) >= 11 is 0. The van der Waals surface area contributed by atoms with E-state index < -0.39 is 0 Å². The van der Waals surface area contributed by atoms with Crippen LogP contribution >= 0.6 is 0 Å². The van der Waals surface area contributed by atoms with Gasteiger partial charge in [-0.3, -0.25) is 0 Å². The molecule has 1 aliphatic heterocycles. The lowest BCUT2D eigenvalue weighted by Gasteiger charge is -2.32. The maximum atomic E-state index is 10.7. The summed E-state index contributed by atoms with van der Waals surface area (Å²) in [4.78, 5) is 4.61. The highest BCUT2D eigenvalue weighted by Crippen LogP contribution is 2.26. The van der Waals surface area contributed by atoms with Gasteiger partial charge in [-0.2, -0.15) is 0 Å². The van der Waals surface area contributed by atoms with Crippen LogP contribution in [-0.4, -0.2) is 42.3 Å². The van der Waals surface area contributed by atoms with Crippen LogP contribution < -0.4 is 4.90 Å². The highest BCUT2D eigenvalue weighted by molar-refractivity contribution is 5.63. The van der Waals surface area contributed by atoms with Gasteiger partial charge in [0.1, 0.15) is 0 Å². The Morgan fingerprint density at radius 1 is 0.917 bits per heavy atom. The molecule has 3 nitrogen and oxygen atoms in total. The number of para-hydroxylation sites is 1. The van der Waals surface area contributed by atoms with Crippen LogP contribution in [0.3, 0.4) is 0 Å². The number of aliphatic hydroxyl groups excluding tert-OH is 1. The number of likely N-dealkylation sites (tertiary alicyclic amines) is 1. The molecule has 128 valence electrons. The summed E-state index contributed by atoms with van der Waals surface area (Å²) in [6.07, 6.45) is 3.48. The first kappa shape index (κ1) is 17.0. The number of hydrogen-bond donors (Lipinski definition) is 1. The molecular weight excluding hydrogens is 296 g/mol. The first-order valence-electron chi connectivity index (χ1n) is 9.02. The predicted octanol–water partition coefficient (Wildman–Crippen LogP) is 3.98. The van der Waals surface area contributed by atoms with E-state index in [-0.39, 0.29) is 6.10 Å². The number of nitrogens with zero attached hydrogens (tertiary/aromatic N) is 2. The first-order valence-corrected chi connectivity index (χ1v) is 9.02. The third-order valence-electron chi connectivity index (χ3n) is 4.72. The Labute approximate surface area is 145 Å². The zero-order valence-corrected chi connectivity index (χ0v) is 14.6. The van der Waals surface area contributed by atoms with Crippen LogP contribution in [0, 0.1) is 6.92 Å². The van der Waals surface area contributed by atoms with Crippen molar-refractivity contribution in [1.29, 1.82) is 0 Å². The second-order valence-electron chi connectivity index (χ2n) is 6.80. The van der Waals surface area contributed by atoms with Crippen molar-refractivity contribution in [2.45, 2.75) is 32.3 Å². The van der Waals surface area contributed by atoms with Gasteiger partial charge in [0.2, 0.25) is 0 Å². The van der Waals surface area contributed by atoms with E-state index in [4.69, 9.17) is 0 Å². The molecule has 2 aromatic rings. The van der Waals surface area contributed by atoms with Crippen molar-refractivity contribution >= 4 is 11.4 Å². The van der Waals surface area contributed by atoms with Crippen molar-refractivity contribution in [3.8, 4) is 0 Å². The number of β-amino-alcohol motifs (C(OH)–C–C–N with tert-alkyl or cyclic N) is 1. The van der Waals surface area contributed by atoms with E-state index in [0.29, 0.717) is 6.54 Å². The van der Waals surface area contributed by atoms with Crippen molar-refractivity contribution in [2.24, 2.45) is 0 Å². The van der Waals surface area contributed by atoms with Gasteiger partial charge in [-0.25, -0.2) is 0 Å². The highest BCUT2D eigenvalue weighted by Gasteiger charge is 2.18. The average molecular weight is 324 g/mol. The van der Waals surface area contributed by atoms with Crippen LogP contribution in [-0.2, 0) is 0 Å². The zero-order valence-electron chi connectivity index (χ0n) is 14.6. The lowest BCUT2D eigenvalue weighted by atomic mass is 10.1. The molecular formula is C21H28N2O. The Morgan fingerprint density at radius 3 is 2.21 bits per heavy atom. The standard InChI is InChI=1S/C21H28N2O/c1-18-10-12-20(13-11-18)23(19-8-4-2-5-9-19)17-21(24)16-22-14-6-3-7-15-22/h2,4-5,8-13,21,24H,3,6-7,14-17H2,1H3. The smallest absolute Gasteiger partial charge is 0.0845 e. The number of hydrogen-bond acceptors (Lipinski definition) is 3. The number of rotatable bonds is 6. The second-order valence-corrected chi connectivity index (χ2v) is 6.80. The third kappa shape index (κ3) is 4.59. The number of anilines is 2. The van der Waals surface area contributed by atoms with Crippen molar-refractivity contribution in [3.05, 3.63) is 60.2 Å². The van der Waals surface area contributed by atoms with E-state index in [1.54, 1.807) is 0 Å². The van der Waals surface area contributed by atoms with E-state index in [2.05, 4.69) is 53.1 Å². The average Bonchev–Trinajstić information content (AvgIpc) is 2.62. The summed E-state index contributed by atoms with van der Waals surface area (Å²) < 4.78 is 0. The Balaban J connectivity index is 1.73. The van der Waals surface area contributed by atoms with Gasteiger partial charge in [-0.05, 0) is 57.1 Å². The van der Waals surface area contributed by atoms with Crippen molar-refractivity contribution in [2.75, 3.05) is 31.1 Å². The molecule has 24 heavy (non-hydrogen) atoms. The molecule has 1 N–H and O–H groups in total. The number of benzene rings is 2. The first-order chi connectivity index (χ1) is 11.7. The minimum Gasteiger partial charge on any atom is -0.390 e. The summed E-state index contributed by atoms with van der Waals surface area (Å²) in [5.74, 6) is 0. The normalized spacial score (nSPS) is 16.8. The summed E-state index contributed by atoms with van der Waals surface area (Å²) in [5.41, 5.74) is 3.50. The summed E-state index contributed by atoms with van der Waals surface area (Å²) in [5, 5.41) is 10.7. The fourth-order valence-electron chi connectivity index (χ4n) is 3.40. The number of aliphatic hydroxyl groups is 1. The summed E-state index contributed by atoms with van der Waals surface area (Å²) in [6, 6.07) is 18.9. The maximum Gasteiger partial charge on any atom is 0.0845 e. The van der Waals surface area contributed by atoms with E-state index in [0.717, 1.165) is 31.0 Å². The molecule has 1 fully saturated rings. The van der Waals surface area contributed by atoms with Gasteiger partial charge in [0.05, 0.1) is 12.6 Å². The van der Waals surface area contributed by atoms with Gasteiger partial charge in [0.15, 0.2) is 0 Å². The Hall–Kier alpha value is -1.84. The van der Waals surface area contributed by atoms with Gasteiger partial charge in [0.25, 0.3) is 0 Å². The second kappa shape index (κ2) is 8.32. The van der Waals surface area contributed by atoms with Gasteiger partial charge >= 0.3 is 0 Å². The summed E-state index contributed by atoms with van der Waals surface area (Å²) in [6.45, 7) is 5.71. The molecule has 0 amide bonds. The van der Waals surface area contributed by atoms with E-state index in [1.807, 2.05) is 18.2 Å². The lowest BCUT2D eigenvalue weighted by molar-refractivity contribution is 0.107. The van der Waals surface area contributed by atoms with Gasteiger partial charge < -0.3 is 14.9 Å². The minimum absolute atomic E-state index is 0.357. The molecule has 0 bridgehead atoms. The number of piperidine rings is 1. The van der Waals surface area contributed by atoms with Gasteiger partial charge in [-0.15, -0.1) is 0 Å². The molecule has 1 heterocycles. The zero-order chi connectivity index (χ0) is 16.8. The van der Waals surface area contributed by atoms with E-state index in [1.165, 1.54) is 24.8 Å². The molecule has 1 atom stereocenters. The van der Waals surface area contributed by atoms with Crippen LogP contribution in [0.25, 0.3) is 0 Å². The molecule has 0 saturated carbocycles. The molecule has 0 spiro atoms. The van der Waals surface area contributed by atoms with E-state index >= 15 is 0 Å². The van der Waals surface area contributed by atoms with E-state index in [9.17, 15) is 5.11 Å². The van der Waals surface area contributed by atoms with Crippen molar-refractivity contribution < 1.29 is 5.11 Å². The molecule has 2 aromatic carbocycles. The molecule has 3 heteroatoms. The highest BCUT2D eigenvalue weighted by atomic mass is 16.3. The van der Waals surface area contributed by atoms with Crippen molar-refractivity contribution in [1.82, 2.24) is 4.90 Å². The number of aryl methyl sites for hydroxylation is 1. The monoisotopic (exact) mass is 324 g/mol. The van der Waals surface area contributed by atoms with Crippen LogP contribution in [0.5, 0.6) is 0 Å². The van der Waals surface area contributed by atoms with Crippen LogP contribution in [0.1, 0.15) is 24.8 Å². The van der Waals surface area contributed by atoms with Gasteiger partial charge in [-0.1, -0.05) is 42.3 Å². The Kier molecular flexibility index (Phi) is 5.89. The molecule has 0 aromatic heterocycles. The largest absolute Gasteiger partial charge is 0.390 e. The fraction of sp³-hybridized carbons (Fsp3) is 0.429. The van der Waals surface area contributed by atoms with Crippen LogP contribution in [0.2, 0.25) is 0 Å². The molecule has 1 saturated heterocycles. The minimum atomic E-state index is -0.357. The fourth-order valence-corrected chi connectivity index (χ4v) is 3.40. The Bertz CT molecular complexity index is 605. The topological polar surface area (TPSA) is 26.7 Å². The lowest BCUT2D eigenvalue weighted by Crippen LogP contribution is -2.41. The maximum absolute atomic E-state index is 10.7. The predicted molar refractivity (Wildman–Crippen MR) is 101 cm³/mol. The van der Waals surface area contributed by atoms with Crippen LogP contribution in [0.15, 0.2) is 54.6 Å².